The Bertz CT molecular complexity index is 627. The van der Waals surface area contributed by atoms with Gasteiger partial charge in [-0.15, -0.1) is 0 Å². The van der Waals surface area contributed by atoms with Crippen molar-refractivity contribution in [1.29, 1.82) is 0 Å². The van der Waals surface area contributed by atoms with Gasteiger partial charge in [0.15, 0.2) is 0 Å². The van der Waals surface area contributed by atoms with Gasteiger partial charge in [0.05, 0.1) is 25.2 Å². The molecule has 6 nitrogen and oxygen atoms in total. The van der Waals surface area contributed by atoms with E-state index in [4.69, 9.17) is 4.74 Å². The minimum Gasteiger partial charge on any atom is -0.378 e. The largest absolute Gasteiger partial charge is 0.378 e. The molecule has 122 valence electrons. The number of hydrogen-bond acceptors (Lipinski definition) is 4. The van der Waals surface area contributed by atoms with Gasteiger partial charge in [-0.1, -0.05) is 0 Å². The second kappa shape index (κ2) is 6.62. The van der Waals surface area contributed by atoms with Crippen LogP contribution < -0.4 is 4.31 Å². The molecule has 1 atom stereocenters. The zero-order chi connectivity index (χ0) is 16.3. The van der Waals surface area contributed by atoms with Gasteiger partial charge < -0.3 is 9.64 Å². The minimum absolute atomic E-state index is 0.262. The molecule has 1 amide bonds. The highest BCUT2D eigenvalue weighted by atomic mass is 32.2. The molecule has 1 aromatic carbocycles. The van der Waals surface area contributed by atoms with Crippen LogP contribution in [0.5, 0.6) is 0 Å². The van der Waals surface area contributed by atoms with Crippen LogP contribution in [0.1, 0.15) is 6.92 Å². The molecule has 22 heavy (non-hydrogen) atoms. The Labute approximate surface area is 129 Å². The number of sulfonamides is 1. The van der Waals surface area contributed by atoms with E-state index in [0.717, 1.165) is 10.6 Å². The van der Waals surface area contributed by atoms with Crippen molar-refractivity contribution in [1.82, 2.24) is 4.90 Å². The topological polar surface area (TPSA) is 66.9 Å². The molecular formula is C14H19FN2O4S. The Hall–Kier alpha value is -1.67. The SMILES string of the molecule is C[C@@H](C(=O)N1CCOCC1)N(c1ccc(F)cc1)S(C)(=O)=O. The average Bonchev–Trinajstić information content (AvgIpc) is 2.48. The Morgan fingerprint density at radius 3 is 2.32 bits per heavy atom. The van der Waals surface area contributed by atoms with Crippen molar-refractivity contribution in [2.45, 2.75) is 13.0 Å². The molecule has 0 N–H and O–H groups in total. The number of amides is 1. The van der Waals surface area contributed by atoms with E-state index in [0.29, 0.717) is 26.3 Å². The van der Waals surface area contributed by atoms with Crippen LogP contribution in [0.4, 0.5) is 10.1 Å². The monoisotopic (exact) mass is 330 g/mol. The highest BCUT2D eigenvalue weighted by Gasteiger charge is 2.32. The number of nitrogens with zero attached hydrogens (tertiary/aromatic N) is 2. The van der Waals surface area contributed by atoms with Crippen molar-refractivity contribution in [3.05, 3.63) is 30.1 Å². The molecule has 1 heterocycles. The lowest BCUT2D eigenvalue weighted by atomic mass is 10.2. The molecule has 8 heteroatoms. The summed E-state index contributed by atoms with van der Waals surface area (Å²) in [6.45, 7) is 3.28. The molecule has 0 spiro atoms. The molecule has 1 aliphatic rings. The number of hydrogen-bond donors (Lipinski definition) is 0. The van der Waals surface area contributed by atoms with Gasteiger partial charge in [0, 0.05) is 13.1 Å². The Morgan fingerprint density at radius 1 is 1.27 bits per heavy atom. The molecule has 0 aromatic heterocycles. The molecule has 1 aliphatic heterocycles. The van der Waals surface area contributed by atoms with E-state index in [1.807, 2.05) is 0 Å². The fraction of sp³-hybridized carbons (Fsp3) is 0.500. The molecule has 1 saturated heterocycles. The second-order valence-electron chi connectivity index (χ2n) is 5.15. The lowest BCUT2D eigenvalue weighted by Gasteiger charge is -2.34. The number of benzene rings is 1. The molecule has 0 bridgehead atoms. The third-order valence-corrected chi connectivity index (χ3v) is 4.71. The first-order valence-electron chi connectivity index (χ1n) is 6.92. The van der Waals surface area contributed by atoms with Gasteiger partial charge in [-0.25, -0.2) is 12.8 Å². The van der Waals surface area contributed by atoms with Crippen LogP contribution in [0.2, 0.25) is 0 Å². The van der Waals surface area contributed by atoms with Gasteiger partial charge in [0.2, 0.25) is 15.9 Å². The summed E-state index contributed by atoms with van der Waals surface area (Å²) in [5.74, 6) is -0.762. The van der Waals surface area contributed by atoms with E-state index in [1.165, 1.54) is 31.2 Å². The lowest BCUT2D eigenvalue weighted by molar-refractivity contribution is -0.136. The third-order valence-electron chi connectivity index (χ3n) is 3.47. The Kier molecular flexibility index (Phi) is 5.02. The number of carbonyl (C=O) groups is 1. The highest BCUT2D eigenvalue weighted by molar-refractivity contribution is 7.92. The average molecular weight is 330 g/mol. The lowest BCUT2D eigenvalue weighted by Crippen LogP contribution is -2.52. The summed E-state index contributed by atoms with van der Waals surface area (Å²) in [7, 11) is -3.68. The number of rotatable bonds is 4. The molecule has 0 radical (unpaired) electrons. The number of ether oxygens (including phenoxy) is 1. The van der Waals surface area contributed by atoms with Crippen LogP contribution in [0, 0.1) is 5.82 Å². The molecule has 1 aromatic rings. The maximum absolute atomic E-state index is 13.0. The minimum atomic E-state index is -3.68. The van der Waals surface area contributed by atoms with Gasteiger partial charge in [0.25, 0.3) is 0 Å². The van der Waals surface area contributed by atoms with Crippen molar-refractivity contribution in [3.63, 3.8) is 0 Å². The van der Waals surface area contributed by atoms with E-state index < -0.39 is 21.9 Å². The fourth-order valence-electron chi connectivity index (χ4n) is 2.44. The first-order chi connectivity index (χ1) is 10.3. The first-order valence-corrected chi connectivity index (χ1v) is 8.77. The van der Waals surface area contributed by atoms with E-state index in [9.17, 15) is 17.6 Å². The molecule has 0 unspecified atom stereocenters. The van der Waals surface area contributed by atoms with Crippen molar-refractivity contribution in [2.75, 3.05) is 36.9 Å². The quantitative estimate of drug-likeness (QED) is 0.820. The Balaban J connectivity index is 2.29. The van der Waals surface area contributed by atoms with Crippen LogP contribution >= 0.6 is 0 Å². The van der Waals surface area contributed by atoms with Crippen LogP contribution in [-0.2, 0) is 19.6 Å². The summed E-state index contributed by atoms with van der Waals surface area (Å²) in [6.07, 6.45) is 1.03. The molecule has 0 saturated carbocycles. The summed E-state index contributed by atoms with van der Waals surface area (Å²) in [4.78, 5) is 14.1. The van der Waals surface area contributed by atoms with E-state index in [-0.39, 0.29) is 11.6 Å². The maximum atomic E-state index is 13.0. The van der Waals surface area contributed by atoms with E-state index >= 15 is 0 Å². The summed E-state index contributed by atoms with van der Waals surface area (Å²) in [5, 5.41) is 0. The van der Waals surface area contributed by atoms with Crippen LogP contribution in [0.15, 0.2) is 24.3 Å². The predicted octanol–water partition coefficient (Wildman–Crippen LogP) is 0.839. The number of anilines is 1. The van der Waals surface area contributed by atoms with Gasteiger partial charge in [-0.3, -0.25) is 9.10 Å². The molecular weight excluding hydrogens is 311 g/mol. The number of halogens is 1. The van der Waals surface area contributed by atoms with Crippen LogP contribution in [-0.4, -0.2) is 57.8 Å². The number of carbonyl (C=O) groups excluding carboxylic acids is 1. The van der Waals surface area contributed by atoms with Crippen molar-refractivity contribution >= 4 is 21.6 Å². The fourth-order valence-corrected chi connectivity index (χ4v) is 3.61. The van der Waals surface area contributed by atoms with Gasteiger partial charge >= 0.3 is 0 Å². The van der Waals surface area contributed by atoms with E-state index in [2.05, 4.69) is 0 Å². The van der Waals surface area contributed by atoms with Crippen molar-refractivity contribution in [3.8, 4) is 0 Å². The summed E-state index contributed by atoms with van der Waals surface area (Å²) in [5.41, 5.74) is 0.262. The van der Waals surface area contributed by atoms with Gasteiger partial charge in [0.1, 0.15) is 11.9 Å². The van der Waals surface area contributed by atoms with Crippen LogP contribution in [0.3, 0.4) is 0 Å². The smallest absolute Gasteiger partial charge is 0.246 e. The zero-order valence-corrected chi connectivity index (χ0v) is 13.3. The molecule has 0 aliphatic carbocycles. The maximum Gasteiger partial charge on any atom is 0.246 e. The van der Waals surface area contributed by atoms with Crippen LogP contribution in [0.25, 0.3) is 0 Å². The Morgan fingerprint density at radius 2 is 1.82 bits per heavy atom. The summed E-state index contributed by atoms with van der Waals surface area (Å²) < 4.78 is 43.4. The third kappa shape index (κ3) is 3.75. The molecule has 1 fully saturated rings. The van der Waals surface area contributed by atoms with E-state index in [1.54, 1.807) is 4.90 Å². The predicted molar refractivity (Wildman–Crippen MR) is 80.6 cm³/mol. The first kappa shape index (κ1) is 16.7. The van der Waals surface area contributed by atoms with Gasteiger partial charge in [-0.05, 0) is 31.2 Å². The number of morpholine rings is 1. The highest BCUT2D eigenvalue weighted by Crippen LogP contribution is 2.22. The van der Waals surface area contributed by atoms with Gasteiger partial charge in [-0.2, -0.15) is 0 Å². The summed E-state index contributed by atoms with van der Waals surface area (Å²) in [6, 6.07) is 4.12. The molecule has 2 rings (SSSR count). The zero-order valence-electron chi connectivity index (χ0n) is 12.5. The second-order valence-corrected chi connectivity index (χ2v) is 7.01. The normalized spacial score (nSPS) is 17.1. The summed E-state index contributed by atoms with van der Waals surface area (Å²) >= 11 is 0. The van der Waals surface area contributed by atoms with Crippen molar-refractivity contribution < 1.29 is 22.3 Å². The van der Waals surface area contributed by atoms with Crippen molar-refractivity contribution in [2.24, 2.45) is 0 Å². The standard InChI is InChI=1S/C14H19FN2O4S/c1-11(14(18)16-7-9-21-10-8-16)17(22(2,19)20)13-5-3-12(15)4-6-13/h3-6,11H,7-10H2,1-2H3/t11-/m0/s1.